The molecule has 2 aromatic rings. The summed E-state index contributed by atoms with van der Waals surface area (Å²) >= 11 is 0. The summed E-state index contributed by atoms with van der Waals surface area (Å²) in [7, 11) is 0. The van der Waals surface area contributed by atoms with Crippen molar-refractivity contribution in [2.45, 2.75) is 0 Å². The van der Waals surface area contributed by atoms with Crippen LogP contribution >= 0.6 is 0 Å². The molecule has 82 valence electrons. The highest BCUT2D eigenvalue weighted by atomic mass is 16.6. The van der Waals surface area contributed by atoms with Gasteiger partial charge in [-0.3, -0.25) is 15.1 Å². The molecule has 0 bridgehead atoms. The van der Waals surface area contributed by atoms with Crippen LogP contribution in [0.4, 0.5) is 5.69 Å². The second-order valence-electron chi connectivity index (χ2n) is 3.32. The molecular weight excluding hydrogens is 218 g/mol. The number of nitro groups is 1. The third kappa shape index (κ3) is 2.11. The topological polar surface area (TPSA) is 79.8 Å². The lowest BCUT2D eigenvalue weighted by atomic mass is 10.1. The summed E-state index contributed by atoms with van der Waals surface area (Å²) in [6.07, 6.45) is 1.58. The van der Waals surface area contributed by atoms with E-state index in [2.05, 4.69) is 4.98 Å². The Kier molecular flexibility index (Phi) is 2.79. The lowest BCUT2D eigenvalue weighted by Crippen LogP contribution is -1.90. The van der Waals surface area contributed by atoms with Crippen molar-refractivity contribution in [1.82, 2.24) is 4.98 Å². The molecule has 0 aliphatic heterocycles. The zero-order chi connectivity index (χ0) is 12.3. The van der Waals surface area contributed by atoms with Crippen molar-refractivity contribution < 1.29 is 4.92 Å². The number of nitriles is 1. The molecule has 2 rings (SSSR count). The number of benzene rings is 1. The maximum atomic E-state index is 10.5. The van der Waals surface area contributed by atoms with Crippen LogP contribution < -0.4 is 0 Å². The molecule has 0 aliphatic carbocycles. The van der Waals surface area contributed by atoms with Crippen LogP contribution in [-0.2, 0) is 0 Å². The van der Waals surface area contributed by atoms with E-state index in [-0.39, 0.29) is 5.69 Å². The van der Waals surface area contributed by atoms with Crippen LogP contribution in [0.2, 0.25) is 0 Å². The van der Waals surface area contributed by atoms with E-state index in [9.17, 15) is 10.1 Å². The van der Waals surface area contributed by atoms with Crippen LogP contribution in [0.3, 0.4) is 0 Å². The number of non-ortho nitro benzene ring substituents is 1. The number of pyridine rings is 1. The molecular formula is C12H7N3O2. The fourth-order valence-electron chi connectivity index (χ4n) is 1.47. The number of nitrogens with zero attached hydrogens (tertiary/aromatic N) is 3. The molecule has 0 unspecified atom stereocenters. The highest BCUT2D eigenvalue weighted by molar-refractivity contribution is 5.67. The van der Waals surface area contributed by atoms with Gasteiger partial charge in [0, 0.05) is 23.9 Å². The maximum Gasteiger partial charge on any atom is 0.269 e. The highest BCUT2D eigenvalue weighted by Gasteiger charge is 2.08. The van der Waals surface area contributed by atoms with Gasteiger partial charge in [0.25, 0.3) is 5.69 Å². The summed E-state index contributed by atoms with van der Waals surface area (Å²) in [5, 5.41) is 19.4. The zero-order valence-electron chi connectivity index (χ0n) is 8.70. The average Bonchev–Trinajstić information content (AvgIpc) is 2.39. The van der Waals surface area contributed by atoms with Gasteiger partial charge in [-0.15, -0.1) is 0 Å². The molecule has 0 N–H and O–H groups in total. The summed E-state index contributed by atoms with van der Waals surface area (Å²) in [5.41, 5.74) is 1.68. The number of hydrogen-bond donors (Lipinski definition) is 0. The molecule has 5 nitrogen and oxygen atoms in total. The SMILES string of the molecule is N#Cc1cccnc1-c1ccc([N+](=O)[O-])cc1. The zero-order valence-corrected chi connectivity index (χ0v) is 8.70. The van der Waals surface area contributed by atoms with E-state index in [4.69, 9.17) is 5.26 Å². The van der Waals surface area contributed by atoms with Gasteiger partial charge in [-0.25, -0.2) is 0 Å². The number of nitro benzene ring substituents is 1. The van der Waals surface area contributed by atoms with Gasteiger partial charge in [0.05, 0.1) is 16.2 Å². The Bertz CT molecular complexity index is 600. The minimum absolute atomic E-state index is 0.0168. The third-order valence-electron chi connectivity index (χ3n) is 2.28. The van der Waals surface area contributed by atoms with Gasteiger partial charge < -0.3 is 0 Å². The first-order valence-corrected chi connectivity index (χ1v) is 4.82. The fourth-order valence-corrected chi connectivity index (χ4v) is 1.47. The van der Waals surface area contributed by atoms with Crippen molar-refractivity contribution in [3.8, 4) is 17.3 Å². The molecule has 1 aromatic carbocycles. The van der Waals surface area contributed by atoms with E-state index in [1.54, 1.807) is 30.5 Å². The summed E-state index contributed by atoms with van der Waals surface area (Å²) in [6.45, 7) is 0. The Balaban J connectivity index is 2.47. The average molecular weight is 225 g/mol. The van der Waals surface area contributed by atoms with Crippen LogP contribution in [0.1, 0.15) is 5.56 Å². The molecule has 1 aromatic heterocycles. The van der Waals surface area contributed by atoms with Crippen LogP contribution in [0.5, 0.6) is 0 Å². The first kappa shape index (κ1) is 10.8. The Hall–Kier alpha value is -2.74. The van der Waals surface area contributed by atoms with Crippen molar-refractivity contribution in [3.63, 3.8) is 0 Å². The molecule has 0 fully saturated rings. The van der Waals surface area contributed by atoms with Gasteiger partial charge in [0.2, 0.25) is 0 Å². The number of rotatable bonds is 2. The van der Waals surface area contributed by atoms with Gasteiger partial charge in [0.1, 0.15) is 6.07 Å². The summed E-state index contributed by atoms with van der Waals surface area (Å²) < 4.78 is 0. The summed E-state index contributed by atoms with van der Waals surface area (Å²) in [5.74, 6) is 0. The molecule has 0 aliphatic rings. The van der Waals surface area contributed by atoms with Crippen LogP contribution in [0, 0.1) is 21.4 Å². The predicted molar refractivity (Wildman–Crippen MR) is 61.0 cm³/mol. The third-order valence-corrected chi connectivity index (χ3v) is 2.28. The van der Waals surface area contributed by atoms with E-state index >= 15 is 0 Å². The molecule has 0 amide bonds. The molecule has 0 saturated carbocycles. The first-order valence-electron chi connectivity index (χ1n) is 4.82. The minimum atomic E-state index is -0.465. The van der Waals surface area contributed by atoms with Gasteiger partial charge in [0.15, 0.2) is 0 Å². The Morgan fingerprint density at radius 3 is 2.53 bits per heavy atom. The summed E-state index contributed by atoms with van der Waals surface area (Å²) in [4.78, 5) is 14.1. The van der Waals surface area contributed by atoms with Crippen molar-refractivity contribution >= 4 is 5.69 Å². The van der Waals surface area contributed by atoms with E-state index < -0.39 is 4.92 Å². The first-order chi connectivity index (χ1) is 8.22. The molecule has 1 heterocycles. The van der Waals surface area contributed by atoms with Crippen LogP contribution in [-0.4, -0.2) is 9.91 Å². The Morgan fingerprint density at radius 1 is 1.24 bits per heavy atom. The van der Waals surface area contributed by atoms with Crippen molar-refractivity contribution in [2.24, 2.45) is 0 Å². The lowest BCUT2D eigenvalue weighted by Gasteiger charge is -2.01. The monoisotopic (exact) mass is 225 g/mol. The van der Waals surface area contributed by atoms with E-state index in [0.717, 1.165) is 0 Å². The van der Waals surface area contributed by atoms with Gasteiger partial charge in [-0.1, -0.05) is 0 Å². The second-order valence-corrected chi connectivity index (χ2v) is 3.32. The Morgan fingerprint density at radius 2 is 1.94 bits per heavy atom. The largest absolute Gasteiger partial charge is 0.269 e. The van der Waals surface area contributed by atoms with Gasteiger partial charge in [-0.05, 0) is 24.3 Å². The van der Waals surface area contributed by atoms with Crippen LogP contribution in [0.15, 0.2) is 42.6 Å². The van der Waals surface area contributed by atoms with Crippen molar-refractivity contribution in [3.05, 3.63) is 58.3 Å². The minimum Gasteiger partial charge on any atom is -0.258 e. The van der Waals surface area contributed by atoms with E-state index in [1.165, 1.54) is 12.1 Å². The quantitative estimate of drug-likeness (QED) is 0.581. The summed E-state index contributed by atoms with van der Waals surface area (Å²) in [6, 6.07) is 11.3. The molecule has 0 spiro atoms. The molecule has 0 saturated heterocycles. The Labute approximate surface area is 97.1 Å². The lowest BCUT2D eigenvalue weighted by molar-refractivity contribution is -0.384. The smallest absolute Gasteiger partial charge is 0.258 e. The molecule has 0 atom stereocenters. The normalized spacial score (nSPS) is 9.59. The number of aromatic nitrogens is 1. The van der Waals surface area contributed by atoms with Crippen molar-refractivity contribution in [2.75, 3.05) is 0 Å². The maximum absolute atomic E-state index is 10.5. The molecule has 0 radical (unpaired) electrons. The fraction of sp³-hybridized carbons (Fsp3) is 0. The van der Waals surface area contributed by atoms with Crippen molar-refractivity contribution in [1.29, 1.82) is 5.26 Å². The number of hydrogen-bond acceptors (Lipinski definition) is 4. The van der Waals surface area contributed by atoms with E-state index in [0.29, 0.717) is 16.8 Å². The van der Waals surface area contributed by atoms with Gasteiger partial charge in [-0.2, -0.15) is 5.26 Å². The molecule has 17 heavy (non-hydrogen) atoms. The molecule has 5 heteroatoms. The van der Waals surface area contributed by atoms with E-state index in [1.807, 2.05) is 6.07 Å². The van der Waals surface area contributed by atoms with Gasteiger partial charge >= 0.3 is 0 Å². The van der Waals surface area contributed by atoms with Crippen LogP contribution in [0.25, 0.3) is 11.3 Å². The predicted octanol–water partition coefficient (Wildman–Crippen LogP) is 2.53. The standard InChI is InChI=1S/C12H7N3O2/c13-8-10-2-1-7-14-12(10)9-3-5-11(6-4-9)15(16)17/h1-7H. The second kappa shape index (κ2) is 4.41. The highest BCUT2D eigenvalue weighted by Crippen LogP contribution is 2.22.